The van der Waals surface area contributed by atoms with E-state index in [4.69, 9.17) is 11.6 Å². The molecule has 1 unspecified atom stereocenters. The molecule has 1 aliphatic heterocycles. The van der Waals surface area contributed by atoms with Gasteiger partial charge in [0.15, 0.2) is 5.17 Å². The Hall–Kier alpha value is -0.950. The van der Waals surface area contributed by atoms with Crippen LogP contribution in [0.1, 0.15) is 0 Å². The number of halogens is 5. The lowest BCUT2D eigenvalue weighted by molar-refractivity contribution is -0.163. The quantitative estimate of drug-likeness (QED) is 0.726. The van der Waals surface area contributed by atoms with E-state index in [1.165, 1.54) is 19.2 Å². The highest BCUT2D eigenvalue weighted by Crippen LogP contribution is 2.35. The molecule has 8 heteroatoms. The Bertz CT molecular complexity index is 518. The number of thioether (sulfide) groups is 1. The number of aliphatic imine (C=N–C) groups is 1. The van der Waals surface area contributed by atoms with Crippen LogP contribution in [-0.4, -0.2) is 35.1 Å². The summed E-state index contributed by atoms with van der Waals surface area (Å²) in [5.74, 6) is -0.807. The van der Waals surface area contributed by atoms with Crippen molar-refractivity contribution in [2.24, 2.45) is 4.99 Å². The zero-order valence-electron chi connectivity index (χ0n) is 9.71. The summed E-state index contributed by atoms with van der Waals surface area (Å²) in [5.41, 5.74) is -0.0263. The zero-order chi connectivity index (χ0) is 14.2. The molecule has 104 valence electrons. The third-order valence-corrected chi connectivity index (χ3v) is 4.00. The SMILES string of the molecule is CN1C(=Nc2ccc(Cl)cc2F)SCC1C(F)(F)F. The van der Waals surface area contributed by atoms with Gasteiger partial charge in [0.2, 0.25) is 0 Å². The number of benzene rings is 1. The summed E-state index contributed by atoms with van der Waals surface area (Å²) in [4.78, 5) is 4.93. The van der Waals surface area contributed by atoms with Gasteiger partial charge in [0.1, 0.15) is 17.5 Å². The van der Waals surface area contributed by atoms with Crippen molar-refractivity contribution in [3.63, 3.8) is 0 Å². The summed E-state index contributed by atoms with van der Waals surface area (Å²) >= 11 is 6.54. The molecule has 0 saturated carbocycles. The van der Waals surface area contributed by atoms with E-state index in [2.05, 4.69) is 4.99 Å². The number of alkyl halides is 3. The van der Waals surface area contributed by atoms with Crippen molar-refractivity contribution in [3.8, 4) is 0 Å². The first-order chi connectivity index (χ1) is 8.79. The van der Waals surface area contributed by atoms with Crippen molar-refractivity contribution >= 4 is 34.2 Å². The molecule has 1 atom stereocenters. The molecule has 0 N–H and O–H groups in total. The Balaban J connectivity index is 2.26. The highest BCUT2D eigenvalue weighted by Gasteiger charge is 2.47. The molecule has 0 spiro atoms. The van der Waals surface area contributed by atoms with Crippen molar-refractivity contribution in [1.29, 1.82) is 0 Å². The van der Waals surface area contributed by atoms with Crippen LogP contribution in [0.25, 0.3) is 0 Å². The molecule has 1 fully saturated rings. The number of nitrogens with zero attached hydrogens (tertiary/aromatic N) is 2. The Morgan fingerprint density at radius 1 is 1.42 bits per heavy atom. The van der Waals surface area contributed by atoms with E-state index < -0.39 is 18.0 Å². The number of rotatable bonds is 1. The summed E-state index contributed by atoms with van der Waals surface area (Å²) in [6.45, 7) is 0. The summed E-state index contributed by atoms with van der Waals surface area (Å²) in [6.07, 6.45) is -4.32. The minimum atomic E-state index is -4.32. The maximum absolute atomic E-state index is 13.5. The largest absolute Gasteiger partial charge is 0.409 e. The lowest BCUT2D eigenvalue weighted by Crippen LogP contribution is -2.42. The first-order valence-corrected chi connectivity index (χ1v) is 6.61. The first-order valence-electron chi connectivity index (χ1n) is 5.25. The van der Waals surface area contributed by atoms with Gasteiger partial charge in [0.25, 0.3) is 0 Å². The average Bonchev–Trinajstić information content (AvgIpc) is 2.64. The smallest absolute Gasteiger partial charge is 0.341 e. The number of amidine groups is 1. The monoisotopic (exact) mass is 312 g/mol. The van der Waals surface area contributed by atoms with Gasteiger partial charge in [-0.25, -0.2) is 9.38 Å². The third-order valence-electron chi connectivity index (χ3n) is 2.64. The van der Waals surface area contributed by atoms with Gasteiger partial charge < -0.3 is 4.90 Å². The fourth-order valence-electron chi connectivity index (χ4n) is 1.60. The minimum absolute atomic E-state index is 0.0263. The van der Waals surface area contributed by atoms with E-state index in [9.17, 15) is 17.6 Å². The van der Waals surface area contributed by atoms with E-state index in [-0.39, 0.29) is 21.6 Å². The van der Waals surface area contributed by atoms with Crippen LogP contribution < -0.4 is 0 Å². The van der Waals surface area contributed by atoms with Crippen molar-refractivity contribution in [2.45, 2.75) is 12.2 Å². The van der Waals surface area contributed by atoms with Gasteiger partial charge in [-0.2, -0.15) is 13.2 Å². The molecular weight excluding hydrogens is 304 g/mol. The molecule has 0 aliphatic carbocycles. The lowest BCUT2D eigenvalue weighted by atomic mass is 10.3. The Morgan fingerprint density at radius 2 is 2.11 bits per heavy atom. The highest BCUT2D eigenvalue weighted by atomic mass is 35.5. The van der Waals surface area contributed by atoms with Crippen LogP contribution in [0.4, 0.5) is 23.2 Å². The zero-order valence-corrected chi connectivity index (χ0v) is 11.3. The van der Waals surface area contributed by atoms with E-state index in [1.807, 2.05) is 0 Å². The maximum atomic E-state index is 13.5. The lowest BCUT2D eigenvalue weighted by Gasteiger charge is -2.23. The Labute approximate surface area is 116 Å². The second kappa shape index (κ2) is 5.20. The molecule has 19 heavy (non-hydrogen) atoms. The molecule has 2 rings (SSSR count). The fourth-order valence-corrected chi connectivity index (χ4v) is 2.97. The summed E-state index contributed by atoms with van der Waals surface area (Å²) in [7, 11) is 1.30. The minimum Gasteiger partial charge on any atom is -0.341 e. The van der Waals surface area contributed by atoms with Gasteiger partial charge in [-0.3, -0.25) is 0 Å². The molecule has 0 radical (unpaired) electrons. The van der Waals surface area contributed by atoms with Crippen LogP contribution in [0.5, 0.6) is 0 Å². The summed E-state index contributed by atoms with van der Waals surface area (Å²) in [5, 5.41) is 0.352. The maximum Gasteiger partial charge on any atom is 0.409 e. The van der Waals surface area contributed by atoms with Crippen LogP contribution in [0, 0.1) is 5.82 Å². The second-order valence-corrected chi connectivity index (χ2v) is 5.39. The van der Waals surface area contributed by atoms with Crippen LogP contribution in [-0.2, 0) is 0 Å². The van der Waals surface area contributed by atoms with Crippen molar-refractivity contribution in [3.05, 3.63) is 29.0 Å². The molecule has 0 bridgehead atoms. The van der Waals surface area contributed by atoms with Crippen LogP contribution in [0.15, 0.2) is 23.2 Å². The number of hydrogen-bond donors (Lipinski definition) is 0. The molecule has 0 amide bonds. The standard InChI is InChI=1S/C11H9ClF4N2S/c1-18-9(11(14,15)16)5-19-10(18)17-8-3-2-6(12)4-7(8)13/h2-4,9H,5H2,1H3. The van der Waals surface area contributed by atoms with E-state index >= 15 is 0 Å². The number of hydrogen-bond acceptors (Lipinski definition) is 2. The first kappa shape index (κ1) is 14.5. The molecular formula is C11H9ClF4N2S. The van der Waals surface area contributed by atoms with Gasteiger partial charge in [0.05, 0.1) is 0 Å². The summed E-state index contributed by atoms with van der Waals surface area (Å²) < 4.78 is 51.5. The van der Waals surface area contributed by atoms with Crippen molar-refractivity contribution < 1.29 is 17.6 Å². The van der Waals surface area contributed by atoms with Gasteiger partial charge in [0, 0.05) is 17.8 Å². The van der Waals surface area contributed by atoms with Gasteiger partial charge in [-0.05, 0) is 18.2 Å². The molecule has 1 saturated heterocycles. The van der Waals surface area contributed by atoms with Gasteiger partial charge in [-0.1, -0.05) is 23.4 Å². The van der Waals surface area contributed by atoms with Crippen molar-refractivity contribution in [1.82, 2.24) is 4.90 Å². The normalized spacial score (nSPS) is 22.3. The molecule has 1 aromatic rings. The fraction of sp³-hybridized carbons (Fsp3) is 0.364. The molecule has 1 aliphatic rings. The van der Waals surface area contributed by atoms with Gasteiger partial charge >= 0.3 is 6.18 Å². The predicted molar refractivity (Wildman–Crippen MR) is 68.6 cm³/mol. The Morgan fingerprint density at radius 3 is 2.63 bits per heavy atom. The Kier molecular flexibility index (Phi) is 3.96. The van der Waals surface area contributed by atoms with E-state index in [1.54, 1.807) is 0 Å². The third kappa shape index (κ3) is 3.14. The molecule has 0 aromatic heterocycles. The van der Waals surface area contributed by atoms with Crippen molar-refractivity contribution in [2.75, 3.05) is 12.8 Å². The van der Waals surface area contributed by atoms with Crippen LogP contribution >= 0.6 is 23.4 Å². The van der Waals surface area contributed by atoms with Crippen LogP contribution in [0.2, 0.25) is 5.02 Å². The average molecular weight is 313 g/mol. The van der Waals surface area contributed by atoms with E-state index in [0.29, 0.717) is 0 Å². The van der Waals surface area contributed by atoms with E-state index in [0.717, 1.165) is 22.7 Å². The van der Waals surface area contributed by atoms with Gasteiger partial charge in [-0.15, -0.1) is 0 Å². The molecule has 1 aromatic carbocycles. The topological polar surface area (TPSA) is 15.6 Å². The highest BCUT2D eigenvalue weighted by molar-refractivity contribution is 8.14. The second-order valence-electron chi connectivity index (χ2n) is 3.97. The van der Waals surface area contributed by atoms with Crippen LogP contribution in [0.3, 0.4) is 0 Å². The summed E-state index contributed by atoms with van der Waals surface area (Å²) in [6, 6.07) is 2.25. The molecule has 2 nitrogen and oxygen atoms in total. The predicted octanol–water partition coefficient (Wildman–Crippen LogP) is 4.08. The molecule has 1 heterocycles.